The Morgan fingerprint density at radius 2 is 2.28 bits per heavy atom. The van der Waals surface area contributed by atoms with Crippen molar-refractivity contribution in [3.63, 3.8) is 0 Å². The summed E-state index contributed by atoms with van der Waals surface area (Å²) >= 11 is 5.81. The molecule has 2 nitrogen and oxygen atoms in total. The number of rotatable bonds is 3. The average molecular weight is 263 g/mol. The lowest BCUT2D eigenvalue weighted by Crippen LogP contribution is -2.29. The predicted octanol–water partition coefficient (Wildman–Crippen LogP) is 3.68. The molecular weight excluding hydrogens is 244 g/mol. The normalized spacial score (nSPS) is 19.1. The standard InChI is InChI=1S/C15H19ClN2/c1-10-4-5-13-12(9-10)11-6-8-17-14(3-2-7-16)15(11)18-13/h4-5,9,14,17-18H,2-3,6-8H2,1H3. The van der Waals surface area contributed by atoms with Gasteiger partial charge in [-0.1, -0.05) is 11.6 Å². The van der Waals surface area contributed by atoms with E-state index in [1.165, 1.54) is 27.7 Å². The molecule has 96 valence electrons. The van der Waals surface area contributed by atoms with Crippen LogP contribution in [0.1, 0.15) is 35.7 Å². The van der Waals surface area contributed by atoms with Gasteiger partial charge in [0.15, 0.2) is 0 Å². The molecule has 0 saturated heterocycles. The van der Waals surface area contributed by atoms with Crippen LogP contribution >= 0.6 is 11.6 Å². The van der Waals surface area contributed by atoms with Crippen molar-refractivity contribution in [2.75, 3.05) is 12.4 Å². The summed E-state index contributed by atoms with van der Waals surface area (Å²) in [5.41, 5.74) is 5.49. The Morgan fingerprint density at radius 3 is 3.11 bits per heavy atom. The van der Waals surface area contributed by atoms with Gasteiger partial charge in [-0.05, 0) is 50.4 Å². The smallest absolute Gasteiger partial charge is 0.0476 e. The van der Waals surface area contributed by atoms with Crippen LogP contribution in [0.4, 0.5) is 0 Å². The SMILES string of the molecule is Cc1ccc2[nH]c3c(c2c1)CCNC3CCCCl. The zero-order valence-corrected chi connectivity index (χ0v) is 11.5. The van der Waals surface area contributed by atoms with Crippen LogP contribution in [0.2, 0.25) is 0 Å². The summed E-state index contributed by atoms with van der Waals surface area (Å²) in [4.78, 5) is 3.60. The highest BCUT2D eigenvalue weighted by molar-refractivity contribution is 6.17. The van der Waals surface area contributed by atoms with E-state index in [2.05, 4.69) is 35.4 Å². The van der Waals surface area contributed by atoms with Gasteiger partial charge in [0.25, 0.3) is 0 Å². The van der Waals surface area contributed by atoms with Crippen LogP contribution in [0.5, 0.6) is 0 Å². The second-order valence-electron chi connectivity index (χ2n) is 5.15. The molecule has 1 unspecified atom stereocenters. The molecule has 3 rings (SSSR count). The molecule has 1 aliphatic rings. The molecule has 0 amide bonds. The van der Waals surface area contributed by atoms with Crippen LogP contribution in [-0.2, 0) is 6.42 Å². The molecule has 3 heteroatoms. The number of aryl methyl sites for hydroxylation is 1. The number of hydrogen-bond acceptors (Lipinski definition) is 1. The zero-order chi connectivity index (χ0) is 12.5. The molecule has 18 heavy (non-hydrogen) atoms. The topological polar surface area (TPSA) is 27.8 Å². The Morgan fingerprint density at radius 1 is 1.39 bits per heavy atom. The van der Waals surface area contributed by atoms with Crippen molar-refractivity contribution in [3.05, 3.63) is 35.0 Å². The Balaban J connectivity index is 2.04. The maximum atomic E-state index is 5.81. The maximum Gasteiger partial charge on any atom is 0.0476 e. The van der Waals surface area contributed by atoms with Crippen LogP contribution in [0.25, 0.3) is 10.9 Å². The molecule has 2 heterocycles. The number of nitrogens with one attached hydrogen (secondary N) is 2. The first kappa shape index (κ1) is 12.1. The number of aromatic amines is 1. The largest absolute Gasteiger partial charge is 0.357 e. The van der Waals surface area contributed by atoms with E-state index in [1.807, 2.05) is 0 Å². The van der Waals surface area contributed by atoms with Crippen LogP contribution in [0.3, 0.4) is 0 Å². The van der Waals surface area contributed by atoms with Gasteiger partial charge < -0.3 is 10.3 Å². The maximum absolute atomic E-state index is 5.81. The van der Waals surface area contributed by atoms with E-state index in [-0.39, 0.29) is 0 Å². The summed E-state index contributed by atoms with van der Waals surface area (Å²) in [6.45, 7) is 3.23. The highest BCUT2D eigenvalue weighted by atomic mass is 35.5. The van der Waals surface area contributed by atoms with Crippen molar-refractivity contribution >= 4 is 22.5 Å². The van der Waals surface area contributed by atoms with E-state index in [1.54, 1.807) is 0 Å². The van der Waals surface area contributed by atoms with Gasteiger partial charge in [0.05, 0.1) is 0 Å². The molecule has 1 aromatic heterocycles. The van der Waals surface area contributed by atoms with Gasteiger partial charge in [0.1, 0.15) is 0 Å². The fourth-order valence-corrected chi connectivity index (χ4v) is 3.10. The molecule has 0 spiro atoms. The van der Waals surface area contributed by atoms with E-state index >= 15 is 0 Å². The molecule has 0 fully saturated rings. The summed E-state index contributed by atoms with van der Waals surface area (Å²) in [7, 11) is 0. The van der Waals surface area contributed by atoms with Gasteiger partial charge in [-0.15, -0.1) is 11.6 Å². The Bertz CT molecular complexity index is 559. The molecule has 0 bridgehead atoms. The predicted molar refractivity (Wildman–Crippen MR) is 77.4 cm³/mol. The van der Waals surface area contributed by atoms with Crippen LogP contribution in [-0.4, -0.2) is 17.4 Å². The summed E-state index contributed by atoms with van der Waals surface area (Å²) in [5.74, 6) is 0.743. The summed E-state index contributed by atoms with van der Waals surface area (Å²) in [5, 5.41) is 5.00. The minimum absolute atomic E-state index is 0.445. The van der Waals surface area contributed by atoms with Crippen LogP contribution in [0.15, 0.2) is 18.2 Å². The first-order chi connectivity index (χ1) is 8.79. The molecule has 1 aromatic carbocycles. The minimum atomic E-state index is 0.445. The van der Waals surface area contributed by atoms with Gasteiger partial charge in [-0.3, -0.25) is 0 Å². The van der Waals surface area contributed by atoms with Gasteiger partial charge in [0, 0.05) is 28.5 Å². The third-order valence-electron chi connectivity index (χ3n) is 3.84. The molecule has 0 saturated carbocycles. The summed E-state index contributed by atoms with van der Waals surface area (Å²) < 4.78 is 0. The van der Waals surface area contributed by atoms with Crippen molar-refractivity contribution in [1.82, 2.24) is 10.3 Å². The fraction of sp³-hybridized carbons (Fsp3) is 0.467. The summed E-state index contributed by atoms with van der Waals surface area (Å²) in [6, 6.07) is 7.11. The third-order valence-corrected chi connectivity index (χ3v) is 4.10. The molecule has 1 aliphatic heterocycles. The highest BCUT2D eigenvalue weighted by Crippen LogP contribution is 2.32. The van der Waals surface area contributed by atoms with E-state index < -0.39 is 0 Å². The second kappa shape index (κ2) is 4.94. The number of halogens is 1. The first-order valence-corrected chi connectivity index (χ1v) is 7.23. The number of benzene rings is 1. The van der Waals surface area contributed by atoms with Gasteiger partial charge in [-0.2, -0.15) is 0 Å². The van der Waals surface area contributed by atoms with E-state index in [0.717, 1.165) is 31.7 Å². The Kier molecular flexibility index (Phi) is 3.31. The van der Waals surface area contributed by atoms with Crippen molar-refractivity contribution in [2.45, 2.75) is 32.2 Å². The third kappa shape index (κ3) is 2.04. The second-order valence-corrected chi connectivity index (χ2v) is 5.53. The summed E-state index contributed by atoms with van der Waals surface area (Å²) in [6.07, 6.45) is 3.30. The van der Waals surface area contributed by atoms with Gasteiger partial charge >= 0.3 is 0 Å². The minimum Gasteiger partial charge on any atom is -0.357 e. The molecule has 2 N–H and O–H groups in total. The van der Waals surface area contributed by atoms with Crippen LogP contribution in [0, 0.1) is 6.92 Å². The van der Waals surface area contributed by atoms with Crippen molar-refractivity contribution in [2.24, 2.45) is 0 Å². The number of hydrogen-bond donors (Lipinski definition) is 2. The lowest BCUT2D eigenvalue weighted by atomic mass is 9.96. The molecule has 0 aliphatic carbocycles. The van der Waals surface area contributed by atoms with Gasteiger partial charge in [-0.25, -0.2) is 0 Å². The Labute approximate surface area is 113 Å². The zero-order valence-electron chi connectivity index (χ0n) is 10.7. The average Bonchev–Trinajstić information content (AvgIpc) is 2.75. The van der Waals surface area contributed by atoms with Gasteiger partial charge in [0.2, 0.25) is 0 Å². The molecule has 2 aromatic rings. The highest BCUT2D eigenvalue weighted by Gasteiger charge is 2.23. The quantitative estimate of drug-likeness (QED) is 0.812. The molecule has 0 radical (unpaired) electrons. The van der Waals surface area contributed by atoms with E-state index in [9.17, 15) is 0 Å². The van der Waals surface area contributed by atoms with Crippen molar-refractivity contribution in [1.29, 1.82) is 0 Å². The number of H-pyrrole nitrogens is 1. The van der Waals surface area contributed by atoms with E-state index in [0.29, 0.717) is 6.04 Å². The van der Waals surface area contributed by atoms with Crippen molar-refractivity contribution < 1.29 is 0 Å². The number of aromatic nitrogens is 1. The fourth-order valence-electron chi connectivity index (χ4n) is 2.95. The molecular formula is C15H19ClN2. The lowest BCUT2D eigenvalue weighted by molar-refractivity contribution is 0.465. The Hall–Kier alpha value is -0.990. The van der Waals surface area contributed by atoms with Crippen molar-refractivity contribution in [3.8, 4) is 0 Å². The van der Waals surface area contributed by atoms with E-state index in [4.69, 9.17) is 11.6 Å². The number of alkyl halides is 1. The number of fused-ring (bicyclic) bond motifs is 3. The first-order valence-electron chi connectivity index (χ1n) is 6.70. The molecule has 1 atom stereocenters. The van der Waals surface area contributed by atoms with Crippen LogP contribution < -0.4 is 5.32 Å². The monoisotopic (exact) mass is 262 g/mol. The lowest BCUT2D eigenvalue weighted by Gasteiger charge is -2.24.